The topological polar surface area (TPSA) is 56.1 Å². The van der Waals surface area contributed by atoms with Crippen molar-refractivity contribution in [1.82, 2.24) is 15.1 Å². The van der Waals surface area contributed by atoms with Crippen LogP contribution in [0.2, 0.25) is 0 Å². The first-order chi connectivity index (χ1) is 7.79. The minimum absolute atomic E-state index is 0.0817. The number of hydrogen-bond acceptors (Lipinski definition) is 3. The lowest BCUT2D eigenvalue weighted by Gasteiger charge is -2.09. The molecule has 1 aromatic rings. The maximum Gasteiger partial charge on any atom is 0.271 e. The molecule has 0 radical (unpaired) electrons. The van der Waals surface area contributed by atoms with Gasteiger partial charge in [0.15, 0.2) is 0 Å². The number of carbonyl (C=O) groups is 1. The molecule has 5 nitrogen and oxygen atoms in total. The molecule has 5 heteroatoms. The number of rotatable bonds is 4. The zero-order valence-corrected chi connectivity index (χ0v) is 9.48. The summed E-state index contributed by atoms with van der Waals surface area (Å²) >= 11 is 0. The minimum atomic E-state index is -0.0817. The van der Waals surface area contributed by atoms with Crippen LogP contribution in [0, 0.1) is 0 Å². The third-order valence-corrected chi connectivity index (χ3v) is 2.83. The first-order valence-corrected chi connectivity index (χ1v) is 5.63. The number of methoxy groups -OCH3 is 1. The lowest BCUT2D eigenvalue weighted by atomic mass is 10.2. The molecule has 16 heavy (non-hydrogen) atoms. The van der Waals surface area contributed by atoms with Gasteiger partial charge in [0.1, 0.15) is 12.4 Å². The molecule has 1 aliphatic rings. The zero-order valence-electron chi connectivity index (χ0n) is 9.48. The highest BCUT2D eigenvalue weighted by Gasteiger charge is 2.19. The predicted molar refractivity (Wildman–Crippen MR) is 59.0 cm³/mol. The van der Waals surface area contributed by atoms with E-state index in [1.54, 1.807) is 24.1 Å². The molecule has 0 bridgehead atoms. The Morgan fingerprint density at radius 2 is 2.38 bits per heavy atom. The van der Waals surface area contributed by atoms with Crippen molar-refractivity contribution in [2.45, 2.75) is 38.5 Å². The SMILES string of the molecule is COCn1ccc(C(=O)NC2CCCC2)n1. The minimum Gasteiger partial charge on any atom is -0.362 e. The molecule has 1 saturated carbocycles. The van der Waals surface area contributed by atoms with Crippen LogP contribution in [0.25, 0.3) is 0 Å². The van der Waals surface area contributed by atoms with Gasteiger partial charge in [-0.25, -0.2) is 4.68 Å². The van der Waals surface area contributed by atoms with Crippen LogP contribution in [0.4, 0.5) is 0 Å². The summed E-state index contributed by atoms with van der Waals surface area (Å²) in [6, 6.07) is 2.05. The monoisotopic (exact) mass is 223 g/mol. The molecule has 0 aromatic carbocycles. The van der Waals surface area contributed by atoms with E-state index in [0.29, 0.717) is 18.5 Å². The standard InChI is InChI=1S/C11H17N3O2/c1-16-8-14-7-6-10(13-14)11(15)12-9-4-2-3-5-9/h6-7,9H,2-5,8H2,1H3,(H,12,15). The van der Waals surface area contributed by atoms with Crippen LogP contribution in [0.15, 0.2) is 12.3 Å². The molecule has 0 aliphatic heterocycles. The molecular weight excluding hydrogens is 206 g/mol. The van der Waals surface area contributed by atoms with Crippen LogP contribution >= 0.6 is 0 Å². The van der Waals surface area contributed by atoms with Crippen molar-refractivity contribution in [3.05, 3.63) is 18.0 Å². The molecule has 0 atom stereocenters. The summed E-state index contributed by atoms with van der Waals surface area (Å²) in [4.78, 5) is 11.8. The zero-order chi connectivity index (χ0) is 11.4. The van der Waals surface area contributed by atoms with Crippen molar-refractivity contribution >= 4 is 5.91 Å². The van der Waals surface area contributed by atoms with Gasteiger partial charge in [-0.1, -0.05) is 12.8 Å². The second-order valence-corrected chi connectivity index (χ2v) is 4.11. The van der Waals surface area contributed by atoms with Crippen LogP contribution in [0.3, 0.4) is 0 Å². The third kappa shape index (κ3) is 2.61. The molecule has 1 fully saturated rings. The fourth-order valence-electron chi connectivity index (χ4n) is 2.02. The highest BCUT2D eigenvalue weighted by molar-refractivity contribution is 5.92. The second kappa shape index (κ2) is 5.12. The number of amides is 1. The van der Waals surface area contributed by atoms with E-state index >= 15 is 0 Å². The van der Waals surface area contributed by atoms with Gasteiger partial charge >= 0.3 is 0 Å². The molecule has 1 heterocycles. The Morgan fingerprint density at radius 1 is 1.62 bits per heavy atom. The quantitative estimate of drug-likeness (QED) is 0.833. The van der Waals surface area contributed by atoms with Crippen molar-refractivity contribution < 1.29 is 9.53 Å². The van der Waals surface area contributed by atoms with Gasteiger partial charge in [0, 0.05) is 19.3 Å². The highest BCUT2D eigenvalue weighted by atomic mass is 16.5. The highest BCUT2D eigenvalue weighted by Crippen LogP contribution is 2.17. The average Bonchev–Trinajstić information content (AvgIpc) is 2.89. The number of hydrogen-bond donors (Lipinski definition) is 1. The van der Waals surface area contributed by atoms with Crippen molar-refractivity contribution in [1.29, 1.82) is 0 Å². The summed E-state index contributed by atoms with van der Waals surface area (Å²) in [6.45, 7) is 0.372. The van der Waals surface area contributed by atoms with E-state index < -0.39 is 0 Å². The maximum atomic E-state index is 11.8. The average molecular weight is 223 g/mol. The smallest absolute Gasteiger partial charge is 0.271 e. The van der Waals surface area contributed by atoms with Gasteiger partial charge in [-0.05, 0) is 18.9 Å². The van der Waals surface area contributed by atoms with Gasteiger partial charge in [0.05, 0.1) is 0 Å². The molecule has 2 rings (SSSR count). The predicted octanol–water partition coefficient (Wildman–Crippen LogP) is 1.16. The summed E-state index contributed by atoms with van der Waals surface area (Å²) in [5.41, 5.74) is 0.462. The van der Waals surface area contributed by atoms with Crippen molar-refractivity contribution in [2.24, 2.45) is 0 Å². The van der Waals surface area contributed by atoms with Crippen molar-refractivity contribution in [2.75, 3.05) is 7.11 Å². The van der Waals surface area contributed by atoms with Gasteiger partial charge in [0.2, 0.25) is 0 Å². The Balaban J connectivity index is 1.91. The molecule has 1 N–H and O–H groups in total. The van der Waals surface area contributed by atoms with Crippen LogP contribution in [-0.4, -0.2) is 28.8 Å². The van der Waals surface area contributed by atoms with E-state index in [4.69, 9.17) is 4.74 Å². The molecule has 88 valence electrons. The maximum absolute atomic E-state index is 11.8. The van der Waals surface area contributed by atoms with E-state index in [2.05, 4.69) is 10.4 Å². The van der Waals surface area contributed by atoms with Crippen molar-refractivity contribution in [3.63, 3.8) is 0 Å². The molecule has 0 saturated heterocycles. The normalized spacial score (nSPS) is 16.6. The fraction of sp³-hybridized carbons (Fsp3) is 0.636. The summed E-state index contributed by atoms with van der Waals surface area (Å²) in [5, 5.41) is 7.12. The third-order valence-electron chi connectivity index (χ3n) is 2.83. The van der Waals surface area contributed by atoms with Crippen LogP contribution in [0.1, 0.15) is 36.2 Å². The number of nitrogens with zero attached hydrogens (tertiary/aromatic N) is 2. The Hall–Kier alpha value is -1.36. The van der Waals surface area contributed by atoms with Gasteiger partial charge < -0.3 is 10.1 Å². The Labute approximate surface area is 94.8 Å². The van der Waals surface area contributed by atoms with E-state index in [1.165, 1.54) is 12.8 Å². The lowest BCUT2D eigenvalue weighted by Crippen LogP contribution is -2.32. The number of nitrogens with one attached hydrogen (secondary N) is 1. The van der Waals surface area contributed by atoms with Gasteiger partial charge in [0.25, 0.3) is 5.91 Å². The molecule has 1 aromatic heterocycles. The largest absolute Gasteiger partial charge is 0.362 e. The molecule has 0 spiro atoms. The molecule has 1 amide bonds. The van der Waals surface area contributed by atoms with Gasteiger partial charge in [-0.2, -0.15) is 5.10 Å². The molecular formula is C11H17N3O2. The first-order valence-electron chi connectivity index (χ1n) is 5.63. The first kappa shape index (κ1) is 11.1. The second-order valence-electron chi connectivity index (χ2n) is 4.11. The fourth-order valence-corrected chi connectivity index (χ4v) is 2.02. The van der Waals surface area contributed by atoms with Gasteiger partial charge in [-0.3, -0.25) is 4.79 Å². The number of ether oxygens (including phenoxy) is 1. The summed E-state index contributed by atoms with van der Waals surface area (Å²) in [5.74, 6) is -0.0817. The summed E-state index contributed by atoms with van der Waals surface area (Å²) < 4.78 is 6.52. The Kier molecular flexibility index (Phi) is 3.56. The Morgan fingerprint density at radius 3 is 3.06 bits per heavy atom. The van der Waals surface area contributed by atoms with E-state index in [1.807, 2.05) is 0 Å². The summed E-state index contributed by atoms with van der Waals surface area (Å²) in [7, 11) is 1.60. The number of aromatic nitrogens is 2. The number of carbonyl (C=O) groups excluding carboxylic acids is 1. The van der Waals surface area contributed by atoms with Crippen LogP contribution in [-0.2, 0) is 11.5 Å². The van der Waals surface area contributed by atoms with E-state index in [-0.39, 0.29) is 5.91 Å². The molecule has 0 unspecified atom stereocenters. The van der Waals surface area contributed by atoms with Crippen LogP contribution < -0.4 is 5.32 Å². The molecule has 1 aliphatic carbocycles. The van der Waals surface area contributed by atoms with Crippen molar-refractivity contribution in [3.8, 4) is 0 Å². The van der Waals surface area contributed by atoms with E-state index in [0.717, 1.165) is 12.8 Å². The van der Waals surface area contributed by atoms with E-state index in [9.17, 15) is 4.79 Å². The lowest BCUT2D eigenvalue weighted by molar-refractivity contribution is 0.0925. The van der Waals surface area contributed by atoms with Crippen LogP contribution in [0.5, 0.6) is 0 Å². The Bertz CT molecular complexity index is 356. The summed E-state index contributed by atoms with van der Waals surface area (Å²) in [6.07, 6.45) is 6.34. The van der Waals surface area contributed by atoms with Gasteiger partial charge in [-0.15, -0.1) is 0 Å².